The molecule has 26 heavy (non-hydrogen) atoms. The molecule has 0 saturated carbocycles. The van der Waals surface area contributed by atoms with Crippen LogP contribution in [0, 0.1) is 55.4 Å². The lowest BCUT2D eigenvalue weighted by atomic mass is 9.95. The first kappa shape index (κ1) is 17.2. The van der Waals surface area contributed by atoms with Crippen molar-refractivity contribution in [1.82, 2.24) is 9.13 Å². The quantitative estimate of drug-likeness (QED) is 0.354. The molecule has 2 nitrogen and oxygen atoms in total. The van der Waals surface area contributed by atoms with Gasteiger partial charge in [-0.2, -0.15) is 0 Å². The predicted molar refractivity (Wildman–Crippen MR) is 115 cm³/mol. The number of nitrogens with zero attached hydrogens (tertiary/aromatic N) is 2. The van der Waals surface area contributed by atoms with Crippen molar-refractivity contribution in [3.63, 3.8) is 0 Å². The third-order valence-corrected chi connectivity index (χ3v) is 7.35. The first-order chi connectivity index (χ1) is 12.1. The van der Waals surface area contributed by atoms with E-state index in [9.17, 15) is 0 Å². The summed E-state index contributed by atoms with van der Waals surface area (Å²) in [6.07, 6.45) is 0. The fraction of sp³-hybridized carbons (Fsp3) is 0.417. The maximum absolute atomic E-state index is 2.45. The van der Waals surface area contributed by atoms with E-state index in [0.29, 0.717) is 0 Å². The summed E-state index contributed by atoms with van der Waals surface area (Å²) < 4.78 is 4.89. The fourth-order valence-corrected chi connectivity index (χ4v) is 5.12. The number of hydrogen-bond acceptors (Lipinski definition) is 0. The van der Waals surface area contributed by atoms with Crippen molar-refractivity contribution in [2.24, 2.45) is 14.1 Å². The van der Waals surface area contributed by atoms with Gasteiger partial charge in [-0.15, -0.1) is 0 Å². The Morgan fingerprint density at radius 3 is 0.923 bits per heavy atom. The molecule has 0 radical (unpaired) electrons. The molecule has 0 aliphatic rings. The van der Waals surface area contributed by atoms with E-state index in [2.05, 4.69) is 78.6 Å². The second-order valence-electron chi connectivity index (χ2n) is 8.26. The van der Waals surface area contributed by atoms with Crippen molar-refractivity contribution >= 4 is 32.8 Å². The molecule has 0 unspecified atom stereocenters. The molecule has 4 rings (SSSR count). The van der Waals surface area contributed by atoms with E-state index in [1.165, 1.54) is 77.3 Å². The topological polar surface area (TPSA) is 9.86 Å². The molecule has 2 aromatic carbocycles. The third-order valence-electron chi connectivity index (χ3n) is 7.35. The molecule has 0 atom stereocenters. The molecule has 2 aromatic heterocycles. The predicted octanol–water partition coefficient (Wildman–Crippen LogP) is 6.29. The van der Waals surface area contributed by atoms with Crippen molar-refractivity contribution in [3.8, 4) is 0 Å². The van der Waals surface area contributed by atoms with Gasteiger partial charge in [0.15, 0.2) is 0 Å². The van der Waals surface area contributed by atoms with E-state index in [0.717, 1.165) is 0 Å². The highest BCUT2D eigenvalue weighted by atomic mass is 15.0. The first-order valence-electron chi connectivity index (χ1n) is 9.54. The molecule has 0 N–H and O–H groups in total. The maximum Gasteiger partial charge on any atom is 0.0754 e. The highest BCUT2D eigenvalue weighted by Crippen LogP contribution is 2.43. The van der Waals surface area contributed by atoms with Crippen LogP contribution >= 0.6 is 0 Å². The van der Waals surface area contributed by atoms with Gasteiger partial charge in [-0.05, 0) is 99.9 Å². The average Bonchev–Trinajstić information content (AvgIpc) is 3.08. The van der Waals surface area contributed by atoms with Crippen molar-refractivity contribution in [3.05, 3.63) is 44.5 Å². The van der Waals surface area contributed by atoms with Gasteiger partial charge in [0.05, 0.1) is 22.1 Å². The zero-order valence-electron chi connectivity index (χ0n) is 17.9. The maximum atomic E-state index is 2.45. The molecular formula is C24H30N2. The number of hydrogen-bond donors (Lipinski definition) is 0. The molecule has 4 aromatic rings. The van der Waals surface area contributed by atoms with Crippen LogP contribution in [0.2, 0.25) is 0 Å². The Hall–Kier alpha value is -2.22. The van der Waals surface area contributed by atoms with Crippen LogP contribution < -0.4 is 0 Å². The molecule has 0 bridgehead atoms. The smallest absolute Gasteiger partial charge is 0.0754 e. The van der Waals surface area contributed by atoms with Crippen LogP contribution in [0.4, 0.5) is 0 Å². The summed E-state index contributed by atoms with van der Waals surface area (Å²) in [5, 5.41) is 2.85. The summed E-state index contributed by atoms with van der Waals surface area (Å²) in [7, 11) is 4.49. The SMILES string of the molecule is Cc1c(C)c(C)c2c(c1C)c1c(c3c(C)c(C)c(C)c(C)c3n1C)n2C. The van der Waals surface area contributed by atoms with Crippen LogP contribution in [0.5, 0.6) is 0 Å². The van der Waals surface area contributed by atoms with E-state index < -0.39 is 0 Å². The number of fused-ring (bicyclic) bond motifs is 5. The van der Waals surface area contributed by atoms with E-state index in [-0.39, 0.29) is 0 Å². The number of aryl methyl sites for hydroxylation is 6. The van der Waals surface area contributed by atoms with Crippen molar-refractivity contribution in [2.75, 3.05) is 0 Å². The number of benzene rings is 2. The van der Waals surface area contributed by atoms with Gasteiger partial charge in [-0.1, -0.05) is 0 Å². The highest BCUT2D eigenvalue weighted by Gasteiger charge is 2.24. The Balaban J connectivity index is 2.48. The average molecular weight is 347 g/mol. The summed E-state index contributed by atoms with van der Waals surface area (Å²) in [6, 6.07) is 0. The minimum absolute atomic E-state index is 1.39. The summed E-state index contributed by atoms with van der Waals surface area (Å²) in [6.45, 7) is 18.2. The van der Waals surface area contributed by atoms with Gasteiger partial charge in [0.1, 0.15) is 0 Å². The summed E-state index contributed by atoms with van der Waals surface area (Å²) in [5.74, 6) is 0. The van der Waals surface area contributed by atoms with Crippen LogP contribution in [0.3, 0.4) is 0 Å². The van der Waals surface area contributed by atoms with E-state index in [1.807, 2.05) is 0 Å². The molecule has 136 valence electrons. The van der Waals surface area contributed by atoms with Gasteiger partial charge >= 0.3 is 0 Å². The molecule has 0 aliphatic heterocycles. The Kier molecular flexibility index (Phi) is 3.41. The van der Waals surface area contributed by atoms with Crippen LogP contribution in [0.25, 0.3) is 32.8 Å². The Labute approximate surface area is 156 Å². The molecule has 0 fully saturated rings. The first-order valence-corrected chi connectivity index (χ1v) is 9.54. The van der Waals surface area contributed by atoms with E-state index in [4.69, 9.17) is 0 Å². The van der Waals surface area contributed by atoms with Crippen LogP contribution in [0.1, 0.15) is 44.5 Å². The standard InChI is InChI=1S/C24H30N2/c1-11-13(3)17(7)21-19(15(11)5)23-24(25(21)9)20-16(6)12(2)14(4)18(8)22(20)26(23)10/h1-10H3. The van der Waals surface area contributed by atoms with Crippen molar-refractivity contribution in [1.29, 1.82) is 0 Å². The van der Waals surface area contributed by atoms with Gasteiger partial charge in [-0.25, -0.2) is 0 Å². The summed E-state index contributed by atoms with van der Waals surface area (Å²) in [5.41, 5.74) is 16.9. The van der Waals surface area contributed by atoms with Gasteiger partial charge in [-0.3, -0.25) is 0 Å². The van der Waals surface area contributed by atoms with E-state index >= 15 is 0 Å². The van der Waals surface area contributed by atoms with E-state index in [1.54, 1.807) is 0 Å². The number of rotatable bonds is 0. The lowest BCUT2D eigenvalue weighted by Gasteiger charge is -2.15. The fourth-order valence-electron chi connectivity index (χ4n) is 5.12. The van der Waals surface area contributed by atoms with Crippen LogP contribution in [-0.4, -0.2) is 9.13 Å². The molecule has 0 aliphatic carbocycles. The minimum atomic E-state index is 1.39. The lowest BCUT2D eigenvalue weighted by Crippen LogP contribution is -2.00. The minimum Gasteiger partial charge on any atom is -0.342 e. The van der Waals surface area contributed by atoms with Crippen molar-refractivity contribution < 1.29 is 0 Å². The van der Waals surface area contributed by atoms with Gasteiger partial charge in [0.2, 0.25) is 0 Å². The normalized spacial score (nSPS) is 12.2. The second kappa shape index (κ2) is 5.16. The molecule has 0 saturated heterocycles. The van der Waals surface area contributed by atoms with Crippen molar-refractivity contribution in [2.45, 2.75) is 55.4 Å². The summed E-state index contributed by atoms with van der Waals surface area (Å²) in [4.78, 5) is 0. The van der Waals surface area contributed by atoms with Crippen LogP contribution in [0.15, 0.2) is 0 Å². The second-order valence-corrected chi connectivity index (χ2v) is 8.26. The van der Waals surface area contributed by atoms with Gasteiger partial charge < -0.3 is 9.13 Å². The van der Waals surface area contributed by atoms with Gasteiger partial charge in [0.25, 0.3) is 0 Å². The zero-order chi connectivity index (χ0) is 19.2. The number of aromatic nitrogens is 2. The Bertz CT molecular complexity index is 1160. The highest BCUT2D eigenvalue weighted by molar-refractivity contribution is 6.21. The molecule has 0 amide bonds. The Morgan fingerprint density at radius 2 is 0.615 bits per heavy atom. The monoisotopic (exact) mass is 346 g/mol. The summed E-state index contributed by atoms with van der Waals surface area (Å²) >= 11 is 0. The largest absolute Gasteiger partial charge is 0.342 e. The molecule has 2 heterocycles. The van der Waals surface area contributed by atoms with Gasteiger partial charge in [0, 0.05) is 24.9 Å². The van der Waals surface area contributed by atoms with Crippen LogP contribution in [-0.2, 0) is 14.1 Å². The molecular weight excluding hydrogens is 316 g/mol. The Morgan fingerprint density at radius 1 is 0.346 bits per heavy atom. The molecule has 0 spiro atoms. The lowest BCUT2D eigenvalue weighted by molar-refractivity contribution is 0.998. The third kappa shape index (κ3) is 1.73. The zero-order valence-corrected chi connectivity index (χ0v) is 17.9. The molecule has 2 heteroatoms.